The van der Waals surface area contributed by atoms with Gasteiger partial charge in [-0.3, -0.25) is 9.59 Å². The van der Waals surface area contributed by atoms with Crippen LogP contribution in [-0.4, -0.2) is 37.6 Å². The maximum absolute atomic E-state index is 13.8. The SMILES string of the molecule is O=C(ON1C(=O)c2ccccc2C1=O)c1cnn(-c2ncc(Cl)cc2Cl)c1C(F)(F)F. The van der Waals surface area contributed by atoms with E-state index in [1.54, 1.807) is 0 Å². The van der Waals surface area contributed by atoms with E-state index < -0.39 is 41.0 Å². The van der Waals surface area contributed by atoms with Crippen LogP contribution in [0.15, 0.2) is 42.7 Å². The van der Waals surface area contributed by atoms with Crippen molar-refractivity contribution < 1.29 is 32.4 Å². The monoisotopic (exact) mass is 470 g/mol. The van der Waals surface area contributed by atoms with Crippen LogP contribution in [0.25, 0.3) is 5.82 Å². The van der Waals surface area contributed by atoms with Gasteiger partial charge in [-0.2, -0.15) is 18.3 Å². The minimum atomic E-state index is -5.10. The lowest BCUT2D eigenvalue weighted by molar-refractivity contribution is -0.143. The summed E-state index contributed by atoms with van der Waals surface area (Å²) in [5.74, 6) is -4.05. The minimum Gasteiger partial charge on any atom is -0.324 e. The molecule has 3 heterocycles. The highest BCUT2D eigenvalue weighted by atomic mass is 35.5. The molecule has 1 aliphatic rings. The van der Waals surface area contributed by atoms with Crippen molar-refractivity contribution in [1.29, 1.82) is 0 Å². The lowest BCUT2D eigenvalue weighted by Gasteiger charge is -2.15. The van der Waals surface area contributed by atoms with Gasteiger partial charge in [-0.15, -0.1) is 0 Å². The van der Waals surface area contributed by atoms with E-state index in [9.17, 15) is 27.6 Å². The van der Waals surface area contributed by atoms with E-state index in [0.29, 0.717) is 6.20 Å². The Labute approximate surface area is 180 Å². The van der Waals surface area contributed by atoms with Crippen molar-refractivity contribution >= 4 is 41.0 Å². The maximum Gasteiger partial charge on any atom is 0.434 e. The third-order valence-electron chi connectivity index (χ3n) is 4.18. The zero-order valence-electron chi connectivity index (χ0n) is 14.9. The molecule has 31 heavy (non-hydrogen) atoms. The summed E-state index contributed by atoms with van der Waals surface area (Å²) >= 11 is 11.6. The summed E-state index contributed by atoms with van der Waals surface area (Å²) in [5, 5.41) is 3.44. The average Bonchev–Trinajstić information content (AvgIpc) is 3.24. The van der Waals surface area contributed by atoms with Crippen LogP contribution in [-0.2, 0) is 11.0 Å². The van der Waals surface area contributed by atoms with Gasteiger partial charge in [-0.1, -0.05) is 40.4 Å². The molecule has 1 aromatic carbocycles. The minimum absolute atomic E-state index is 0.0517. The molecule has 1 aliphatic heterocycles. The molecule has 4 rings (SSSR count). The predicted octanol–water partition coefficient (Wildman–Crippen LogP) is 3.96. The van der Waals surface area contributed by atoms with Gasteiger partial charge >= 0.3 is 12.1 Å². The number of hydrogen-bond acceptors (Lipinski definition) is 6. The third-order valence-corrected chi connectivity index (χ3v) is 4.66. The van der Waals surface area contributed by atoms with E-state index in [0.717, 1.165) is 12.3 Å². The van der Waals surface area contributed by atoms with Crippen molar-refractivity contribution in [2.24, 2.45) is 0 Å². The number of nitrogens with zero attached hydrogens (tertiary/aromatic N) is 4. The highest BCUT2D eigenvalue weighted by Gasteiger charge is 2.44. The number of amides is 2. The van der Waals surface area contributed by atoms with Gasteiger partial charge < -0.3 is 4.84 Å². The molecule has 0 unspecified atom stereocenters. The normalized spacial score (nSPS) is 13.5. The van der Waals surface area contributed by atoms with Gasteiger partial charge in [0.1, 0.15) is 5.56 Å². The van der Waals surface area contributed by atoms with Gasteiger partial charge in [-0.05, 0) is 18.2 Å². The molecule has 158 valence electrons. The van der Waals surface area contributed by atoms with Crippen LogP contribution in [0.4, 0.5) is 13.2 Å². The van der Waals surface area contributed by atoms with E-state index in [2.05, 4.69) is 10.1 Å². The van der Waals surface area contributed by atoms with Crippen LogP contribution in [0.1, 0.15) is 36.8 Å². The van der Waals surface area contributed by atoms with E-state index in [1.807, 2.05) is 0 Å². The van der Waals surface area contributed by atoms with Crippen LogP contribution in [0.5, 0.6) is 0 Å². The Bertz CT molecular complexity index is 1220. The Morgan fingerprint density at radius 3 is 2.19 bits per heavy atom. The number of halogens is 5. The summed E-state index contributed by atoms with van der Waals surface area (Å²) in [7, 11) is 0. The molecular formula is C18H7Cl2F3N4O4. The number of alkyl halides is 3. The van der Waals surface area contributed by atoms with Crippen molar-refractivity contribution in [2.45, 2.75) is 6.18 Å². The molecule has 2 aromatic heterocycles. The van der Waals surface area contributed by atoms with E-state index >= 15 is 0 Å². The lowest BCUT2D eigenvalue weighted by atomic mass is 10.1. The van der Waals surface area contributed by atoms with Gasteiger partial charge in [0.25, 0.3) is 11.8 Å². The molecule has 0 atom stereocenters. The number of rotatable bonds is 3. The topological polar surface area (TPSA) is 94.4 Å². The largest absolute Gasteiger partial charge is 0.434 e. The molecular weight excluding hydrogens is 464 g/mol. The summed E-state index contributed by atoms with van der Waals surface area (Å²) < 4.78 is 41.6. The second kappa shape index (κ2) is 7.36. The Hall–Kier alpha value is -3.44. The van der Waals surface area contributed by atoms with Crippen molar-refractivity contribution in [1.82, 2.24) is 19.8 Å². The lowest BCUT2D eigenvalue weighted by Crippen LogP contribution is -2.33. The molecule has 0 spiro atoms. The van der Waals surface area contributed by atoms with Gasteiger partial charge in [0, 0.05) is 6.20 Å². The fourth-order valence-corrected chi connectivity index (χ4v) is 3.34. The zero-order valence-corrected chi connectivity index (χ0v) is 16.4. The third kappa shape index (κ3) is 3.51. The summed E-state index contributed by atoms with van der Waals surface area (Å²) in [6.07, 6.45) is -3.49. The number of pyridine rings is 1. The first-order valence-corrected chi connectivity index (χ1v) is 9.02. The van der Waals surface area contributed by atoms with Gasteiger partial charge in [0.2, 0.25) is 0 Å². The Kier molecular flexibility index (Phi) is 4.94. The van der Waals surface area contributed by atoms with E-state index in [-0.39, 0.29) is 30.9 Å². The number of hydrogen-bond donors (Lipinski definition) is 0. The first-order chi connectivity index (χ1) is 14.6. The van der Waals surface area contributed by atoms with Crippen molar-refractivity contribution in [3.8, 4) is 5.82 Å². The van der Waals surface area contributed by atoms with E-state index in [1.165, 1.54) is 24.3 Å². The highest BCUT2D eigenvalue weighted by molar-refractivity contribution is 6.35. The molecule has 0 saturated heterocycles. The smallest absolute Gasteiger partial charge is 0.324 e. The highest BCUT2D eigenvalue weighted by Crippen LogP contribution is 2.35. The molecule has 0 aliphatic carbocycles. The number of benzene rings is 1. The molecule has 8 nitrogen and oxygen atoms in total. The van der Waals surface area contributed by atoms with Crippen LogP contribution < -0.4 is 0 Å². The molecule has 0 saturated carbocycles. The standard InChI is InChI=1S/C18H7Cl2F3N4O4/c19-8-5-12(20)14(24-6-8)26-13(18(21,22)23)11(7-25-26)17(30)31-27-15(28)9-3-1-2-4-10(9)16(27)29/h1-7H. The maximum atomic E-state index is 13.8. The Morgan fingerprint density at radius 2 is 1.65 bits per heavy atom. The summed E-state index contributed by atoms with van der Waals surface area (Å²) in [5.41, 5.74) is -2.73. The van der Waals surface area contributed by atoms with Crippen LogP contribution in [0, 0.1) is 0 Å². The molecule has 0 N–H and O–H groups in total. The second-order valence-electron chi connectivity index (χ2n) is 6.10. The first kappa shape index (κ1) is 20.8. The van der Waals surface area contributed by atoms with Crippen molar-refractivity contribution in [3.63, 3.8) is 0 Å². The van der Waals surface area contributed by atoms with Gasteiger partial charge in [0.15, 0.2) is 11.5 Å². The molecule has 0 radical (unpaired) electrons. The van der Waals surface area contributed by atoms with Crippen molar-refractivity contribution in [3.05, 3.63) is 75.2 Å². The average molecular weight is 471 g/mol. The fraction of sp³-hybridized carbons (Fsp3) is 0.0556. The summed E-state index contributed by atoms with van der Waals surface area (Å²) in [6.45, 7) is 0. The number of carbonyl (C=O) groups excluding carboxylic acids is 3. The Balaban J connectivity index is 1.72. The number of aromatic nitrogens is 3. The molecule has 13 heteroatoms. The molecule has 2 amide bonds. The summed E-state index contributed by atoms with van der Waals surface area (Å²) in [4.78, 5) is 45.5. The number of fused-ring (bicyclic) bond motifs is 1. The predicted molar refractivity (Wildman–Crippen MR) is 98.7 cm³/mol. The zero-order chi connectivity index (χ0) is 22.5. The van der Waals surface area contributed by atoms with Crippen LogP contribution >= 0.6 is 23.2 Å². The van der Waals surface area contributed by atoms with Crippen LogP contribution in [0.3, 0.4) is 0 Å². The van der Waals surface area contributed by atoms with E-state index in [4.69, 9.17) is 28.0 Å². The van der Waals surface area contributed by atoms with Gasteiger partial charge in [-0.25, -0.2) is 14.5 Å². The molecule has 0 bridgehead atoms. The second-order valence-corrected chi connectivity index (χ2v) is 6.95. The number of imide groups is 1. The Morgan fingerprint density at radius 1 is 1.03 bits per heavy atom. The molecule has 0 fully saturated rings. The molecule has 3 aromatic rings. The summed E-state index contributed by atoms with van der Waals surface area (Å²) in [6, 6.07) is 6.73. The van der Waals surface area contributed by atoms with Crippen LogP contribution in [0.2, 0.25) is 10.0 Å². The number of hydroxylamine groups is 2. The van der Waals surface area contributed by atoms with Crippen molar-refractivity contribution in [2.75, 3.05) is 0 Å². The number of carbonyl (C=O) groups is 3. The quantitative estimate of drug-likeness (QED) is 0.537. The van der Waals surface area contributed by atoms with Gasteiger partial charge in [0.05, 0.1) is 27.4 Å². The first-order valence-electron chi connectivity index (χ1n) is 8.26. The fourth-order valence-electron chi connectivity index (χ4n) is 2.88.